The van der Waals surface area contributed by atoms with Crippen LogP contribution in [0.1, 0.15) is 53.2 Å². The summed E-state index contributed by atoms with van der Waals surface area (Å²) in [5.41, 5.74) is 8.28. The number of guanidine groups is 1. The third-order valence-corrected chi connectivity index (χ3v) is 7.66. The molecule has 1 aromatic carbocycles. The number of pyridine rings is 1. The van der Waals surface area contributed by atoms with Crippen molar-refractivity contribution in [1.82, 2.24) is 9.88 Å². The lowest BCUT2D eigenvalue weighted by molar-refractivity contribution is -0.130. The van der Waals surface area contributed by atoms with E-state index >= 15 is 4.39 Å². The molecule has 3 heterocycles. The maximum Gasteiger partial charge on any atom is 0.239 e. The maximum absolute atomic E-state index is 15.1. The first-order valence-corrected chi connectivity index (χ1v) is 11.5. The van der Waals surface area contributed by atoms with Crippen LogP contribution in [0.25, 0.3) is 11.1 Å². The Morgan fingerprint density at radius 1 is 1.21 bits per heavy atom. The van der Waals surface area contributed by atoms with Crippen LogP contribution in [0.3, 0.4) is 0 Å². The molecule has 1 aliphatic heterocycles. The van der Waals surface area contributed by atoms with E-state index in [0.717, 1.165) is 16.9 Å². The third-order valence-electron chi connectivity index (χ3n) is 6.51. The Kier molecular flexibility index (Phi) is 5.02. The molecule has 0 saturated heterocycles. The molecule has 6 nitrogen and oxygen atoms in total. The van der Waals surface area contributed by atoms with Gasteiger partial charge in [0.1, 0.15) is 11.6 Å². The Morgan fingerprint density at radius 3 is 2.58 bits per heavy atom. The summed E-state index contributed by atoms with van der Waals surface area (Å²) in [6.07, 6.45) is 5.34. The number of amides is 1. The Bertz CT molecular complexity index is 1320. The van der Waals surface area contributed by atoms with E-state index in [4.69, 9.17) is 10.7 Å². The first kappa shape index (κ1) is 21.3. The van der Waals surface area contributed by atoms with Gasteiger partial charge in [0.15, 0.2) is 11.1 Å². The summed E-state index contributed by atoms with van der Waals surface area (Å²) in [5.74, 6) is -0.141. The number of nitriles is 1. The van der Waals surface area contributed by atoms with Gasteiger partial charge < -0.3 is 5.73 Å². The van der Waals surface area contributed by atoms with Crippen LogP contribution in [-0.4, -0.2) is 28.8 Å². The molecule has 1 aliphatic carbocycles. The number of nitrogens with zero attached hydrogens (tertiary/aromatic N) is 4. The van der Waals surface area contributed by atoms with Crippen molar-refractivity contribution in [2.24, 2.45) is 10.7 Å². The Balaban J connectivity index is 1.62. The van der Waals surface area contributed by atoms with Crippen LogP contribution >= 0.6 is 11.3 Å². The largest absolute Gasteiger partial charge is 0.369 e. The van der Waals surface area contributed by atoms with Crippen molar-refractivity contribution in [3.05, 3.63) is 75.5 Å². The van der Waals surface area contributed by atoms with Gasteiger partial charge in [0, 0.05) is 35.4 Å². The standard InChI is InChI=1S/C25H22FN5OS/c1-25(20-10-19(22(26)33-20)18-9-14(11-27)12-29-13-18)21(23(32)31(2)24(28)30-25)17-7-5-16(6-8-17)15-3-4-15/h5-10,12-13,15,21H,3-4H2,1-2H3,(H2,28,30)/t21?,25-/m1/s1. The fourth-order valence-electron chi connectivity index (χ4n) is 4.43. The minimum atomic E-state index is -1.08. The molecule has 1 fully saturated rings. The van der Waals surface area contributed by atoms with E-state index in [1.807, 2.05) is 25.1 Å². The number of nitrogens with two attached hydrogens (primary N) is 1. The monoisotopic (exact) mass is 459 g/mol. The molecule has 0 radical (unpaired) electrons. The number of hydrogen-bond acceptors (Lipinski definition) is 6. The van der Waals surface area contributed by atoms with Crippen molar-refractivity contribution in [3.8, 4) is 17.2 Å². The van der Waals surface area contributed by atoms with Crippen molar-refractivity contribution >= 4 is 23.2 Å². The smallest absolute Gasteiger partial charge is 0.239 e. The van der Waals surface area contributed by atoms with Crippen LogP contribution in [-0.2, 0) is 10.3 Å². The van der Waals surface area contributed by atoms with Gasteiger partial charge in [-0.25, -0.2) is 4.99 Å². The Morgan fingerprint density at radius 2 is 1.91 bits per heavy atom. The number of halogens is 1. The van der Waals surface area contributed by atoms with E-state index < -0.39 is 16.6 Å². The zero-order chi connectivity index (χ0) is 23.3. The lowest BCUT2D eigenvalue weighted by atomic mass is 9.77. The fraction of sp³-hybridized carbons (Fsp3) is 0.280. The molecule has 1 unspecified atom stereocenters. The summed E-state index contributed by atoms with van der Waals surface area (Å²) in [5, 5.41) is 8.75. The van der Waals surface area contributed by atoms with Crippen molar-refractivity contribution < 1.29 is 9.18 Å². The lowest BCUT2D eigenvalue weighted by Crippen LogP contribution is -2.52. The summed E-state index contributed by atoms with van der Waals surface area (Å²) in [4.78, 5) is 24.1. The molecule has 1 saturated carbocycles. The van der Waals surface area contributed by atoms with E-state index in [9.17, 15) is 10.1 Å². The molecule has 0 spiro atoms. The van der Waals surface area contributed by atoms with E-state index in [-0.39, 0.29) is 11.9 Å². The quantitative estimate of drug-likeness (QED) is 0.622. The zero-order valence-electron chi connectivity index (χ0n) is 18.2. The van der Waals surface area contributed by atoms with Gasteiger partial charge in [-0.3, -0.25) is 14.7 Å². The van der Waals surface area contributed by atoms with Crippen molar-refractivity contribution in [1.29, 1.82) is 5.26 Å². The number of rotatable bonds is 4. The van der Waals surface area contributed by atoms with Gasteiger partial charge in [0.05, 0.1) is 11.5 Å². The summed E-state index contributed by atoms with van der Waals surface area (Å²) >= 11 is 0.939. The molecule has 0 bridgehead atoms. The molecule has 3 aromatic rings. The van der Waals surface area contributed by atoms with Crippen LogP contribution in [0.2, 0.25) is 0 Å². The molecule has 5 rings (SSSR count). The van der Waals surface area contributed by atoms with E-state index in [1.54, 1.807) is 19.2 Å². The molecule has 8 heteroatoms. The number of thiophene rings is 1. The molecular formula is C25H22FN5OS. The summed E-state index contributed by atoms with van der Waals surface area (Å²) < 4.78 is 15.1. The second kappa shape index (κ2) is 7.78. The molecule has 2 N–H and O–H groups in total. The highest BCUT2D eigenvalue weighted by molar-refractivity contribution is 7.11. The number of carbonyl (C=O) groups excluding carboxylic acids is 1. The van der Waals surface area contributed by atoms with E-state index in [1.165, 1.54) is 35.7 Å². The van der Waals surface area contributed by atoms with Gasteiger partial charge in [0.2, 0.25) is 5.91 Å². The molecule has 2 atom stereocenters. The second-order valence-corrected chi connectivity index (χ2v) is 9.76. The van der Waals surface area contributed by atoms with Gasteiger partial charge >= 0.3 is 0 Å². The average molecular weight is 460 g/mol. The first-order valence-electron chi connectivity index (χ1n) is 10.7. The predicted molar refractivity (Wildman–Crippen MR) is 125 cm³/mol. The normalized spacial score (nSPS) is 22.7. The van der Waals surface area contributed by atoms with E-state index in [0.29, 0.717) is 27.5 Å². The van der Waals surface area contributed by atoms with Gasteiger partial charge in [-0.05, 0) is 48.9 Å². The van der Waals surface area contributed by atoms with Crippen molar-refractivity contribution in [2.45, 2.75) is 37.1 Å². The fourth-order valence-corrected chi connectivity index (χ4v) is 5.46. The highest BCUT2D eigenvalue weighted by atomic mass is 32.1. The van der Waals surface area contributed by atoms with Gasteiger partial charge in [0.25, 0.3) is 0 Å². The number of carbonyl (C=O) groups is 1. The van der Waals surface area contributed by atoms with Gasteiger partial charge in [-0.15, -0.1) is 11.3 Å². The molecule has 33 heavy (non-hydrogen) atoms. The highest BCUT2D eigenvalue weighted by Crippen LogP contribution is 2.48. The average Bonchev–Trinajstić information content (AvgIpc) is 3.59. The Hall–Kier alpha value is -3.57. The topological polar surface area (TPSA) is 95.4 Å². The van der Waals surface area contributed by atoms with E-state index in [2.05, 4.69) is 17.1 Å². The maximum atomic E-state index is 15.1. The van der Waals surface area contributed by atoms with Crippen molar-refractivity contribution in [2.75, 3.05) is 7.05 Å². The highest BCUT2D eigenvalue weighted by Gasteiger charge is 2.48. The zero-order valence-corrected chi connectivity index (χ0v) is 19.1. The summed E-state index contributed by atoms with van der Waals surface area (Å²) in [6.45, 7) is 1.82. The SMILES string of the molecule is CN1C(=O)C(c2ccc(C3CC3)cc2)[C@@](C)(c2cc(-c3cncc(C#N)c3)c(F)s2)N=C1N. The minimum Gasteiger partial charge on any atom is -0.369 e. The molecule has 1 amide bonds. The lowest BCUT2D eigenvalue weighted by Gasteiger charge is -2.40. The summed E-state index contributed by atoms with van der Waals surface area (Å²) in [6, 6.07) is 13.4. The van der Waals surface area contributed by atoms with Crippen LogP contribution < -0.4 is 5.73 Å². The van der Waals surface area contributed by atoms with Gasteiger partial charge in [-0.2, -0.15) is 9.65 Å². The summed E-state index contributed by atoms with van der Waals surface area (Å²) in [7, 11) is 1.60. The van der Waals surface area contributed by atoms with Crippen LogP contribution in [0.15, 0.2) is 53.8 Å². The first-order chi connectivity index (χ1) is 15.8. The van der Waals surface area contributed by atoms with Crippen LogP contribution in [0.5, 0.6) is 0 Å². The number of likely N-dealkylation sites (N-methyl/N-ethyl adjacent to an activating group) is 1. The predicted octanol–water partition coefficient (Wildman–Crippen LogP) is 4.48. The molecular weight excluding hydrogens is 437 g/mol. The Labute approximate surface area is 195 Å². The number of benzene rings is 1. The molecule has 166 valence electrons. The van der Waals surface area contributed by atoms with Crippen LogP contribution in [0.4, 0.5) is 4.39 Å². The third kappa shape index (κ3) is 3.58. The van der Waals surface area contributed by atoms with Gasteiger partial charge in [-0.1, -0.05) is 24.3 Å². The number of aromatic nitrogens is 1. The number of hydrogen-bond donors (Lipinski definition) is 1. The molecule has 2 aliphatic rings. The van der Waals surface area contributed by atoms with Crippen molar-refractivity contribution in [3.63, 3.8) is 0 Å². The molecule has 2 aromatic heterocycles. The minimum absolute atomic E-state index is 0.0943. The van der Waals surface area contributed by atoms with Crippen LogP contribution in [0, 0.1) is 16.5 Å². The second-order valence-electron chi connectivity index (χ2n) is 8.76. The number of aliphatic imine (C=N–C) groups is 1.